The van der Waals surface area contributed by atoms with E-state index >= 15 is 0 Å². The number of hydrogen-bond acceptors (Lipinski definition) is 3. The molecule has 17 heavy (non-hydrogen) atoms. The number of aryl methyl sites for hydroxylation is 2. The van der Waals surface area contributed by atoms with Gasteiger partial charge in [-0.3, -0.25) is 0 Å². The molecule has 2 aromatic rings. The van der Waals surface area contributed by atoms with E-state index in [1.54, 1.807) is 0 Å². The predicted molar refractivity (Wildman–Crippen MR) is 67.0 cm³/mol. The molecule has 1 fully saturated rings. The van der Waals surface area contributed by atoms with E-state index in [0.29, 0.717) is 0 Å². The summed E-state index contributed by atoms with van der Waals surface area (Å²) in [5.41, 5.74) is 3.48. The first-order valence-electron chi connectivity index (χ1n) is 5.86. The number of hydrogen-bond donors (Lipinski definition) is 1. The molecule has 4 nitrogen and oxygen atoms in total. The third-order valence-electron chi connectivity index (χ3n) is 3.83. The first kappa shape index (κ1) is 10.7. The molecule has 0 saturated carbocycles. The average Bonchev–Trinajstić information content (AvgIpc) is 2.54. The zero-order valence-corrected chi connectivity index (χ0v) is 10.4. The fourth-order valence-electron chi connectivity index (χ4n) is 2.38. The second-order valence-electron chi connectivity index (χ2n) is 4.75. The van der Waals surface area contributed by atoms with Crippen LogP contribution >= 0.6 is 0 Å². The molecule has 0 amide bonds. The van der Waals surface area contributed by atoms with Crippen molar-refractivity contribution in [1.29, 1.82) is 0 Å². The molecule has 0 aliphatic carbocycles. The minimum absolute atomic E-state index is 0.0143. The molecular weight excluding hydrogens is 214 g/mol. The van der Waals surface area contributed by atoms with E-state index < -0.39 is 0 Å². The Labute approximate surface area is 101 Å². The Bertz CT molecular complexity index is 564. The quantitative estimate of drug-likeness (QED) is 0.847. The molecule has 1 aliphatic heterocycles. The minimum atomic E-state index is -0.0143. The molecule has 0 radical (unpaired) electrons. The summed E-state index contributed by atoms with van der Waals surface area (Å²) in [4.78, 5) is 4.57. The Morgan fingerprint density at radius 1 is 1.41 bits per heavy atom. The van der Waals surface area contributed by atoms with Gasteiger partial charge in [-0.2, -0.15) is 0 Å². The third-order valence-corrected chi connectivity index (χ3v) is 3.83. The normalized spacial score (nSPS) is 18.3. The first-order valence-corrected chi connectivity index (χ1v) is 5.86. The van der Waals surface area contributed by atoms with Gasteiger partial charge in [0, 0.05) is 7.05 Å². The molecular formula is C13H17N3O. The van der Waals surface area contributed by atoms with Crippen molar-refractivity contribution in [3.05, 3.63) is 29.6 Å². The molecule has 0 bridgehead atoms. The van der Waals surface area contributed by atoms with Crippen LogP contribution in [0.15, 0.2) is 18.2 Å². The van der Waals surface area contributed by atoms with Crippen LogP contribution in [0.25, 0.3) is 11.0 Å². The number of nitrogens with one attached hydrogen (secondary N) is 1. The summed E-state index contributed by atoms with van der Waals surface area (Å²) < 4.78 is 7.45. The molecule has 1 N–H and O–H groups in total. The molecule has 1 saturated heterocycles. The standard InChI is InChI=1S/C13H17N3O/c1-9-15-11-6-10(4-5-12(11)16(9)3)13(14-2)7-17-8-13/h4-6,14H,7-8H2,1-3H3. The Morgan fingerprint density at radius 2 is 2.18 bits per heavy atom. The van der Waals surface area contributed by atoms with Crippen molar-refractivity contribution >= 4 is 11.0 Å². The van der Waals surface area contributed by atoms with Crippen LogP contribution in [-0.4, -0.2) is 29.8 Å². The Morgan fingerprint density at radius 3 is 2.76 bits per heavy atom. The maximum atomic E-state index is 5.34. The summed E-state index contributed by atoms with van der Waals surface area (Å²) in [6.45, 7) is 3.50. The van der Waals surface area contributed by atoms with Crippen LogP contribution in [0.4, 0.5) is 0 Å². The molecule has 0 atom stereocenters. The summed E-state index contributed by atoms with van der Waals surface area (Å²) in [7, 11) is 4.03. The molecule has 4 heteroatoms. The Balaban J connectivity index is 2.13. The van der Waals surface area contributed by atoms with Crippen molar-refractivity contribution in [2.75, 3.05) is 20.3 Å². The van der Waals surface area contributed by atoms with Crippen LogP contribution in [0, 0.1) is 6.92 Å². The highest BCUT2D eigenvalue weighted by Crippen LogP contribution is 2.31. The highest BCUT2D eigenvalue weighted by atomic mass is 16.5. The highest BCUT2D eigenvalue weighted by molar-refractivity contribution is 5.77. The van der Waals surface area contributed by atoms with E-state index in [2.05, 4.69) is 33.1 Å². The molecule has 0 spiro atoms. The van der Waals surface area contributed by atoms with E-state index in [-0.39, 0.29) is 5.54 Å². The summed E-state index contributed by atoms with van der Waals surface area (Å²) in [6, 6.07) is 6.48. The van der Waals surface area contributed by atoms with E-state index in [1.165, 1.54) is 11.1 Å². The van der Waals surface area contributed by atoms with Gasteiger partial charge in [0.1, 0.15) is 5.82 Å². The number of aromatic nitrogens is 2. The van der Waals surface area contributed by atoms with Gasteiger partial charge in [-0.1, -0.05) is 6.07 Å². The van der Waals surface area contributed by atoms with Gasteiger partial charge in [-0.25, -0.2) is 4.98 Å². The molecule has 1 aromatic heterocycles. The molecule has 3 rings (SSSR count). The summed E-state index contributed by atoms with van der Waals surface area (Å²) >= 11 is 0. The lowest BCUT2D eigenvalue weighted by Crippen LogP contribution is -2.56. The highest BCUT2D eigenvalue weighted by Gasteiger charge is 2.38. The van der Waals surface area contributed by atoms with Gasteiger partial charge in [0.05, 0.1) is 29.8 Å². The molecule has 0 unspecified atom stereocenters. The molecule has 1 aliphatic rings. The third kappa shape index (κ3) is 1.41. The zero-order chi connectivity index (χ0) is 12.0. The van der Waals surface area contributed by atoms with Crippen LogP contribution in [0.3, 0.4) is 0 Å². The SMILES string of the molecule is CNC1(c2ccc3c(c2)nc(C)n3C)COC1. The number of fused-ring (bicyclic) bond motifs is 1. The van der Waals surface area contributed by atoms with Crippen molar-refractivity contribution in [1.82, 2.24) is 14.9 Å². The number of nitrogens with zero attached hydrogens (tertiary/aromatic N) is 2. The largest absolute Gasteiger partial charge is 0.377 e. The van der Waals surface area contributed by atoms with E-state index in [9.17, 15) is 0 Å². The monoisotopic (exact) mass is 231 g/mol. The topological polar surface area (TPSA) is 39.1 Å². The fraction of sp³-hybridized carbons (Fsp3) is 0.462. The van der Waals surface area contributed by atoms with E-state index in [1.807, 2.05) is 21.0 Å². The molecule has 1 aromatic carbocycles. The lowest BCUT2D eigenvalue weighted by molar-refractivity contribution is -0.0747. The van der Waals surface area contributed by atoms with Gasteiger partial charge >= 0.3 is 0 Å². The fourth-order valence-corrected chi connectivity index (χ4v) is 2.38. The van der Waals surface area contributed by atoms with Crippen LogP contribution in [0.1, 0.15) is 11.4 Å². The summed E-state index contributed by atoms with van der Waals surface area (Å²) in [5, 5.41) is 3.36. The average molecular weight is 231 g/mol. The van der Waals surface area contributed by atoms with Crippen molar-refractivity contribution in [3.63, 3.8) is 0 Å². The number of imidazole rings is 1. The molecule has 90 valence electrons. The second kappa shape index (κ2) is 3.55. The van der Waals surface area contributed by atoms with Gasteiger partial charge in [-0.15, -0.1) is 0 Å². The van der Waals surface area contributed by atoms with Crippen LogP contribution in [-0.2, 0) is 17.3 Å². The van der Waals surface area contributed by atoms with Crippen LogP contribution < -0.4 is 5.32 Å². The van der Waals surface area contributed by atoms with Gasteiger partial charge in [0.2, 0.25) is 0 Å². The summed E-state index contributed by atoms with van der Waals surface area (Å²) in [5.74, 6) is 1.04. The van der Waals surface area contributed by atoms with E-state index in [4.69, 9.17) is 4.74 Å². The van der Waals surface area contributed by atoms with Gasteiger partial charge in [0.25, 0.3) is 0 Å². The van der Waals surface area contributed by atoms with E-state index in [0.717, 1.165) is 24.6 Å². The zero-order valence-electron chi connectivity index (χ0n) is 10.4. The number of ether oxygens (including phenoxy) is 1. The van der Waals surface area contributed by atoms with Gasteiger partial charge in [-0.05, 0) is 31.7 Å². The lowest BCUT2D eigenvalue weighted by atomic mass is 9.88. The van der Waals surface area contributed by atoms with Crippen molar-refractivity contribution in [2.45, 2.75) is 12.5 Å². The van der Waals surface area contributed by atoms with Crippen molar-refractivity contribution in [2.24, 2.45) is 7.05 Å². The number of rotatable bonds is 2. The van der Waals surface area contributed by atoms with Crippen molar-refractivity contribution < 1.29 is 4.74 Å². The first-order chi connectivity index (χ1) is 8.16. The van der Waals surface area contributed by atoms with Gasteiger partial charge < -0.3 is 14.6 Å². The smallest absolute Gasteiger partial charge is 0.106 e. The second-order valence-corrected chi connectivity index (χ2v) is 4.75. The van der Waals surface area contributed by atoms with Gasteiger partial charge in [0.15, 0.2) is 0 Å². The lowest BCUT2D eigenvalue weighted by Gasteiger charge is -2.41. The molecule has 2 heterocycles. The Hall–Kier alpha value is -1.39. The number of benzene rings is 1. The van der Waals surface area contributed by atoms with Crippen LogP contribution in [0.2, 0.25) is 0 Å². The number of likely N-dealkylation sites (N-methyl/N-ethyl adjacent to an activating group) is 1. The van der Waals surface area contributed by atoms with Crippen molar-refractivity contribution in [3.8, 4) is 0 Å². The van der Waals surface area contributed by atoms with Crippen LogP contribution in [0.5, 0.6) is 0 Å². The maximum Gasteiger partial charge on any atom is 0.106 e. The minimum Gasteiger partial charge on any atom is -0.377 e. The Kier molecular flexibility index (Phi) is 2.24. The summed E-state index contributed by atoms with van der Waals surface area (Å²) in [6.07, 6.45) is 0. The predicted octanol–water partition coefficient (Wildman–Crippen LogP) is 1.33. The maximum absolute atomic E-state index is 5.34.